The van der Waals surface area contributed by atoms with Gasteiger partial charge in [-0.2, -0.15) is 0 Å². The maximum Gasteiger partial charge on any atom is 0.306 e. The highest BCUT2D eigenvalue weighted by atomic mass is 16.5. The molecule has 0 spiro atoms. The summed E-state index contributed by atoms with van der Waals surface area (Å²) in [6.45, 7) is 3.70. The zero-order chi connectivity index (χ0) is 24.6. The Morgan fingerprint density at radius 2 is 1.15 bits per heavy atom. The van der Waals surface area contributed by atoms with Crippen molar-refractivity contribution < 1.29 is 19.1 Å². The van der Waals surface area contributed by atoms with Gasteiger partial charge in [-0.25, -0.2) is 0 Å². The van der Waals surface area contributed by atoms with Gasteiger partial charge in [-0.15, -0.1) is 0 Å². The molecule has 0 heterocycles. The number of carbonyl (C=O) groups is 1. The Bertz CT molecular complexity index is 456. The highest BCUT2D eigenvalue weighted by Gasteiger charge is 2.21. The standard InChI is InChI=1S/C29H57NO3/c1-5-6-7-8-9-10-11-12-13-14-15-16-17-18-19-20-21-22-23-24-25-33-28(26-29(31)32)27-30(2,3)4/h12-13,28H,5-11,14-27H2,1-4H3/p+1. The molecule has 0 aliphatic heterocycles. The molecule has 0 aromatic heterocycles. The number of carboxylic acids is 1. The number of aliphatic carboxylic acids is 1. The molecule has 0 aromatic rings. The quantitative estimate of drug-likeness (QED) is 0.0835. The van der Waals surface area contributed by atoms with E-state index in [0.29, 0.717) is 6.61 Å². The van der Waals surface area contributed by atoms with Gasteiger partial charge in [-0.3, -0.25) is 4.79 Å². The van der Waals surface area contributed by atoms with Crippen molar-refractivity contribution >= 4 is 5.97 Å². The minimum atomic E-state index is -0.770. The molecule has 0 fully saturated rings. The SMILES string of the molecule is CCCCCCCCC=CCCCCCCCCCCCCOC(CC(=O)O)C[N+](C)(C)C. The van der Waals surface area contributed by atoms with Crippen LogP contribution in [-0.4, -0.2) is 56.0 Å². The third-order valence-corrected chi connectivity index (χ3v) is 6.16. The van der Waals surface area contributed by atoms with Crippen LogP contribution >= 0.6 is 0 Å². The van der Waals surface area contributed by atoms with Crippen molar-refractivity contribution in [2.45, 2.75) is 135 Å². The van der Waals surface area contributed by atoms with Crippen molar-refractivity contribution in [1.29, 1.82) is 0 Å². The monoisotopic (exact) mass is 468 g/mol. The van der Waals surface area contributed by atoms with Crippen molar-refractivity contribution in [3.63, 3.8) is 0 Å². The first-order valence-corrected chi connectivity index (χ1v) is 14.1. The molecule has 1 N–H and O–H groups in total. The van der Waals surface area contributed by atoms with Crippen LogP contribution in [0.15, 0.2) is 12.2 Å². The number of rotatable bonds is 25. The highest BCUT2D eigenvalue weighted by Crippen LogP contribution is 2.13. The number of carboxylic acid groups (broad SMARTS) is 1. The molecule has 0 rings (SSSR count). The second kappa shape index (κ2) is 22.9. The number of nitrogens with zero attached hydrogens (tertiary/aromatic N) is 1. The summed E-state index contributed by atoms with van der Waals surface area (Å²) in [5.41, 5.74) is 0. The Balaban J connectivity index is 3.37. The van der Waals surface area contributed by atoms with E-state index in [0.717, 1.165) is 17.4 Å². The average molecular weight is 469 g/mol. The molecule has 0 aliphatic rings. The number of quaternary nitrogens is 1. The molecule has 0 bridgehead atoms. The number of unbranched alkanes of at least 4 members (excludes halogenated alkanes) is 16. The largest absolute Gasteiger partial charge is 0.481 e. The van der Waals surface area contributed by atoms with E-state index in [1.807, 2.05) is 0 Å². The lowest BCUT2D eigenvalue weighted by Gasteiger charge is -2.28. The summed E-state index contributed by atoms with van der Waals surface area (Å²) >= 11 is 0. The minimum absolute atomic E-state index is 0.102. The van der Waals surface area contributed by atoms with Crippen LogP contribution in [0.25, 0.3) is 0 Å². The average Bonchev–Trinajstić information content (AvgIpc) is 2.73. The minimum Gasteiger partial charge on any atom is -0.481 e. The molecule has 1 unspecified atom stereocenters. The first-order valence-electron chi connectivity index (χ1n) is 14.1. The Kier molecular flexibility index (Phi) is 22.3. The lowest BCUT2D eigenvalue weighted by molar-refractivity contribution is -0.873. The number of allylic oxidation sites excluding steroid dienone is 2. The van der Waals surface area contributed by atoms with Crippen LogP contribution in [0.2, 0.25) is 0 Å². The van der Waals surface area contributed by atoms with Gasteiger partial charge in [0.25, 0.3) is 0 Å². The summed E-state index contributed by atoms with van der Waals surface area (Å²) < 4.78 is 6.59. The zero-order valence-corrected chi connectivity index (χ0v) is 22.8. The summed E-state index contributed by atoms with van der Waals surface area (Å²) in [7, 11) is 6.23. The van der Waals surface area contributed by atoms with Gasteiger partial charge in [0.2, 0.25) is 0 Å². The lowest BCUT2D eigenvalue weighted by Crippen LogP contribution is -2.43. The van der Waals surface area contributed by atoms with Crippen LogP contribution in [-0.2, 0) is 9.53 Å². The fraction of sp³-hybridized carbons (Fsp3) is 0.897. The zero-order valence-electron chi connectivity index (χ0n) is 22.8. The van der Waals surface area contributed by atoms with E-state index in [4.69, 9.17) is 9.84 Å². The fourth-order valence-corrected chi connectivity index (χ4v) is 4.29. The van der Waals surface area contributed by atoms with Gasteiger partial charge < -0.3 is 14.3 Å². The van der Waals surface area contributed by atoms with Gasteiger partial charge in [-0.1, -0.05) is 103 Å². The number of likely N-dealkylation sites (N-methyl/N-ethyl adjacent to an activating group) is 1. The predicted octanol–water partition coefficient (Wildman–Crippen LogP) is 8.15. The predicted molar refractivity (Wildman–Crippen MR) is 143 cm³/mol. The molecule has 0 saturated heterocycles. The third kappa shape index (κ3) is 27.3. The van der Waals surface area contributed by atoms with E-state index in [1.165, 1.54) is 109 Å². The van der Waals surface area contributed by atoms with Gasteiger partial charge >= 0.3 is 5.97 Å². The fourth-order valence-electron chi connectivity index (χ4n) is 4.29. The number of ether oxygens (including phenoxy) is 1. The highest BCUT2D eigenvalue weighted by molar-refractivity contribution is 5.67. The summed E-state index contributed by atoms with van der Waals surface area (Å²) in [6, 6.07) is 0. The maximum atomic E-state index is 11.0. The van der Waals surface area contributed by atoms with E-state index in [9.17, 15) is 4.79 Å². The van der Waals surface area contributed by atoms with Crippen LogP contribution in [0.3, 0.4) is 0 Å². The van der Waals surface area contributed by atoms with E-state index >= 15 is 0 Å². The second-order valence-electron chi connectivity index (χ2n) is 10.9. The van der Waals surface area contributed by atoms with Crippen LogP contribution < -0.4 is 0 Å². The first kappa shape index (κ1) is 32.1. The third-order valence-electron chi connectivity index (χ3n) is 6.16. The maximum absolute atomic E-state index is 11.0. The molecule has 4 heteroatoms. The lowest BCUT2D eigenvalue weighted by atomic mass is 10.1. The van der Waals surface area contributed by atoms with Crippen LogP contribution in [0.1, 0.15) is 129 Å². The number of hydrogen-bond acceptors (Lipinski definition) is 2. The summed E-state index contributed by atoms with van der Waals surface area (Å²) in [6.07, 6.45) is 28.7. The van der Waals surface area contributed by atoms with Crippen molar-refractivity contribution in [3.05, 3.63) is 12.2 Å². The Morgan fingerprint density at radius 3 is 1.58 bits per heavy atom. The molecule has 33 heavy (non-hydrogen) atoms. The summed E-state index contributed by atoms with van der Waals surface area (Å²) in [4.78, 5) is 11.0. The molecule has 196 valence electrons. The van der Waals surface area contributed by atoms with Crippen LogP contribution in [0.5, 0.6) is 0 Å². The van der Waals surface area contributed by atoms with Crippen molar-refractivity contribution in [2.75, 3.05) is 34.3 Å². The normalized spacial score (nSPS) is 13.1. The van der Waals surface area contributed by atoms with Crippen molar-refractivity contribution in [2.24, 2.45) is 0 Å². The molecule has 4 nitrogen and oxygen atoms in total. The molecular formula is C29H58NO3+. The smallest absolute Gasteiger partial charge is 0.306 e. The van der Waals surface area contributed by atoms with Crippen molar-refractivity contribution in [1.82, 2.24) is 0 Å². The molecule has 1 atom stereocenters. The molecule has 0 saturated carbocycles. The second-order valence-corrected chi connectivity index (χ2v) is 10.9. The Morgan fingerprint density at radius 1 is 0.727 bits per heavy atom. The molecule has 0 radical (unpaired) electrons. The van der Waals surface area contributed by atoms with Gasteiger partial charge in [0.05, 0.1) is 27.6 Å². The Hall–Kier alpha value is -0.870. The van der Waals surface area contributed by atoms with Gasteiger partial charge in [0.1, 0.15) is 12.6 Å². The van der Waals surface area contributed by atoms with E-state index in [2.05, 4.69) is 40.2 Å². The van der Waals surface area contributed by atoms with Gasteiger partial charge in [-0.05, 0) is 32.1 Å². The molecular weight excluding hydrogens is 410 g/mol. The van der Waals surface area contributed by atoms with Gasteiger partial charge in [0.15, 0.2) is 0 Å². The van der Waals surface area contributed by atoms with Crippen LogP contribution in [0, 0.1) is 0 Å². The number of hydrogen-bond donors (Lipinski definition) is 1. The van der Waals surface area contributed by atoms with Gasteiger partial charge in [0, 0.05) is 6.61 Å². The summed E-state index contributed by atoms with van der Waals surface area (Å²) in [5.74, 6) is -0.770. The Labute approximate surface area is 206 Å². The first-order chi connectivity index (χ1) is 15.8. The van der Waals surface area contributed by atoms with E-state index in [-0.39, 0.29) is 12.5 Å². The van der Waals surface area contributed by atoms with E-state index < -0.39 is 5.97 Å². The topological polar surface area (TPSA) is 46.5 Å². The molecule has 0 aromatic carbocycles. The van der Waals surface area contributed by atoms with Crippen LogP contribution in [0.4, 0.5) is 0 Å². The van der Waals surface area contributed by atoms with Crippen molar-refractivity contribution in [3.8, 4) is 0 Å². The summed E-state index contributed by atoms with van der Waals surface area (Å²) in [5, 5.41) is 9.06. The molecule has 0 aliphatic carbocycles. The molecule has 0 amide bonds. The van der Waals surface area contributed by atoms with E-state index in [1.54, 1.807) is 0 Å².